The number of allylic oxidation sites excluding steroid dienone is 2. The van der Waals surface area contributed by atoms with Gasteiger partial charge in [0.05, 0.1) is 0 Å². The Morgan fingerprint density at radius 1 is 1.44 bits per heavy atom. The zero-order chi connectivity index (χ0) is 12.2. The van der Waals surface area contributed by atoms with Crippen LogP contribution in [0.1, 0.15) is 33.6 Å². The van der Waals surface area contributed by atoms with Crippen LogP contribution in [0.5, 0.6) is 0 Å². The van der Waals surface area contributed by atoms with E-state index in [-0.39, 0.29) is 17.2 Å². The van der Waals surface area contributed by atoms with Crippen LogP contribution in [0, 0.1) is 11.3 Å². The smallest absolute Gasteiger partial charge is 0.226 e. The maximum absolute atomic E-state index is 12.2. The molecule has 0 atom stereocenters. The second kappa shape index (κ2) is 5.48. The second-order valence-electron chi connectivity index (χ2n) is 5.36. The van der Waals surface area contributed by atoms with Gasteiger partial charge in [-0.2, -0.15) is 0 Å². The van der Waals surface area contributed by atoms with E-state index >= 15 is 0 Å². The molecule has 0 saturated carbocycles. The molecule has 2 N–H and O–H groups in total. The molecular formula is C13H24N2O. The normalized spacial score (nSPS) is 16.8. The number of hydrogen-bond acceptors (Lipinski definition) is 2. The molecule has 0 spiro atoms. The summed E-state index contributed by atoms with van der Waals surface area (Å²) >= 11 is 0. The van der Waals surface area contributed by atoms with Crippen LogP contribution in [0.4, 0.5) is 0 Å². The van der Waals surface area contributed by atoms with E-state index in [2.05, 4.69) is 26.0 Å². The molecule has 0 aliphatic heterocycles. The third kappa shape index (κ3) is 3.34. The molecular weight excluding hydrogens is 200 g/mol. The molecule has 1 aliphatic rings. The first-order chi connectivity index (χ1) is 7.50. The van der Waals surface area contributed by atoms with Gasteiger partial charge in [-0.3, -0.25) is 4.79 Å². The molecule has 1 rings (SSSR count). The second-order valence-corrected chi connectivity index (χ2v) is 5.36. The highest BCUT2D eigenvalue weighted by Gasteiger charge is 2.27. The van der Waals surface area contributed by atoms with E-state index in [0.717, 1.165) is 25.9 Å². The molecule has 16 heavy (non-hydrogen) atoms. The predicted molar refractivity (Wildman–Crippen MR) is 67.0 cm³/mol. The van der Waals surface area contributed by atoms with E-state index in [1.807, 2.05) is 11.8 Å². The van der Waals surface area contributed by atoms with Crippen LogP contribution < -0.4 is 5.73 Å². The summed E-state index contributed by atoms with van der Waals surface area (Å²) in [4.78, 5) is 14.2. The molecule has 0 aromatic carbocycles. The standard InChI is InChI=1S/C13H24N2O/c1-4-15(10-13(2,3)9-14)12(16)11-7-5-6-8-11/h5-6,11H,4,7-10,14H2,1-3H3. The quantitative estimate of drug-likeness (QED) is 0.724. The minimum absolute atomic E-state index is 0.0116. The van der Waals surface area contributed by atoms with Crippen molar-refractivity contribution in [3.05, 3.63) is 12.2 Å². The number of rotatable bonds is 5. The fourth-order valence-corrected chi connectivity index (χ4v) is 2.00. The number of hydrogen-bond donors (Lipinski definition) is 1. The van der Waals surface area contributed by atoms with Crippen molar-refractivity contribution < 1.29 is 4.79 Å². The Kier molecular flexibility index (Phi) is 4.54. The van der Waals surface area contributed by atoms with Gasteiger partial charge in [0, 0.05) is 19.0 Å². The van der Waals surface area contributed by atoms with Gasteiger partial charge in [0.15, 0.2) is 0 Å². The zero-order valence-corrected chi connectivity index (χ0v) is 10.7. The van der Waals surface area contributed by atoms with E-state index < -0.39 is 0 Å². The average molecular weight is 224 g/mol. The maximum atomic E-state index is 12.2. The summed E-state index contributed by atoms with van der Waals surface area (Å²) in [5, 5.41) is 0. The summed E-state index contributed by atoms with van der Waals surface area (Å²) < 4.78 is 0. The maximum Gasteiger partial charge on any atom is 0.226 e. The number of nitrogens with two attached hydrogens (primary N) is 1. The van der Waals surface area contributed by atoms with Gasteiger partial charge in [-0.1, -0.05) is 26.0 Å². The van der Waals surface area contributed by atoms with Crippen molar-refractivity contribution in [2.24, 2.45) is 17.1 Å². The van der Waals surface area contributed by atoms with Crippen molar-refractivity contribution in [1.29, 1.82) is 0 Å². The first-order valence-electron chi connectivity index (χ1n) is 6.14. The number of amides is 1. The molecule has 0 fully saturated rings. The Balaban J connectivity index is 2.56. The summed E-state index contributed by atoms with van der Waals surface area (Å²) in [6.07, 6.45) is 6.01. The minimum Gasteiger partial charge on any atom is -0.342 e. The molecule has 0 heterocycles. The molecule has 0 unspecified atom stereocenters. The molecule has 0 aromatic heterocycles. The van der Waals surface area contributed by atoms with E-state index in [1.54, 1.807) is 0 Å². The van der Waals surface area contributed by atoms with Crippen molar-refractivity contribution >= 4 is 5.91 Å². The summed E-state index contributed by atoms with van der Waals surface area (Å²) in [7, 11) is 0. The van der Waals surface area contributed by atoms with Crippen LogP contribution in [0.25, 0.3) is 0 Å². The lowest BCUT2D eigenvalue weighted by atomic mass is 9.92. The van der Waals surface area contributed by atoms with E-state index in [4.69, 9.17) is 5.73 Å². The van der Waals surface area contributed by atoms with Crippen molar-refractivity contribution in [3.63, 3.8) is 0 Å². The average Bonchev–Trinajstić information content (AvgIpc) is 2.78. The van der Waals surface area contributed by atoms with E-state index in [1.165, 1.54) is 0 Å². The first kappa shape index (κ1) is 13.2. The van der Waals surface area contributed by atoms with Crippen LogP contribution in [0.3, 0.4) is 0 Å². The Morgan fingerprint density at radius 2 is 2.00 bits per heavy atom. The summed E-state index contributed by atoms with van der Waals surface area (Å²) in [6.45, 7) is 8.40. The van der Waals surface area contributed by atoms with Crippen LogP contribution in [-0.2, 0) is 4.79 Å². The van der Waals surface area contributed by atoms with Crippen LogP contribution in [0.2, 0.25) is 0 Å². The third-order valence-corrected chi connectivity index (χ3v) is 3.22. The van der Waals surface area contributed by atoms with Crippen LogP contribution >= 0.6 is 0 Å². The van der Waals surface area contributed by atoms with Gasteiger partial charge >= 0.3 is 0 Å². The molecule has 0 aromatic rings. The van der Waals surface area contributed by atoms with Gasteiger partial charge in [-0.15, -0.1) is 0 Å². The summed E-state index contributed by atoms with van der Waals surface area (Å²) in [5.74, 6) is 0.461. The number of nitrogens with zero attached hydrogens (tertiary/aromatic N) is 1. The largest absolute Gasteiger partial charge is 0.342 e. The minimum atomic E-state index is 0.0116. The molecule has 0 bridgehead atoms. The van der Waals surface area contributed by atoms with Crippen molar-refractivity contribution in [2.45, 2.75) is 33.6 Å². The van der Waals surface area contributed by atoms with Gasteiger partial charge < -0.3 is 10.6 Å². The molecule has 92 valence electrons. The van der Waals surface area contributed by atoms with E-state index in [9.17, 15) is 4.79 Å². The van der Waals surface area contributed by atoms with Gasteiger partial charge in [0.25, 0.3) is 0 Å². The van der Waals surface area contributed by atoms with Crippen molar-refractivity contribution in [1.82, 2.24) is 4.90 Å². The van der Waals surface area contributed by atoms with Crippen molar-refractivity contribution in [2.75, 3.05) is 19.6 Å². The highest BCUT2D eigenvalue weighted by atomic mass is 16.2. The zero-order valence-electron chi connectivity index (χ0n) is 10.7. The molecule has 0 radical (unpaired) electrons. The van der Waals surface area contributed by atoms with E-state index in [0.29, 0.717) is 6.54 Å². The summed E-state index contributed by atoms with van der Waals surface area (Å²) in [5.41, 5.74) is 5.72. The third-order valence-electron chi connectivity index (χ3n) is 3.22. The lowest BCUT2D eigenvalue weighted by Crippen LogP contribution is -2.44. The van der Waals surface area contributed by atoms with Gasteiger partial charge in [0.2, 0.25) is 5.91 Å². The van der Waals surface area contributed by atoms with Crippen LogP contribution in [0.15, 0.2) is 12.2 Å². The Labute approximate surface area is 98.7 Å². The molecule has 1 amide bonds. The van der Waals surface area contributed by atoms with Gasteiger partial charge in [-0.05, 0) is 31.7 Å². The molecule has 0 saturated heterocycles. The Bertz CT molecular complexity index is 263. The lowest BCUT2D eigenvalue weighted by molar-refractivity contribution is -0.136. The fourth-order valence-electron chi connectivity index (χ4n) is 2.00. The molecule has 3 heteroatoms. The lowest BCUT2D eigenvalue weighted by Gasteiger charge is -2.32. The number of carbonyl (C=O) groups is 1. The SMILES string of the molecule is CCN(CC(C)(C)CN)C(=O)C1CC=CC1. The molecule has 1 aliphatic carbocycles. The Morgan fingerprint density at radius 3 is 2.44 bits per heavy atom. The summed E-state index contributed by atoms with van der Waals surface area (Å²) in [6, 6.07) is 0. The molecule has 3 nitrogen and oxygen atoms in total. The van der Waals surface area contributed by atoms with Gasteiger partial charge in [-0.25, -0.2) is 0 Å². The van der Waals surface area contributed by atoms with Gasteiger partial charge in [0.1, 0.15) is 0 Å². The fraction of sp³-hybridized carbons (Fsp3) is 0.769. The highest BCUT2D eigenvalue weighted by molar-refractivity contribution is 5.79. The predicted octanol–water partition coefficient (Wildman–Crippen LogP) is 1.79. The van der Waals surface area contributed by atoms with Crippen molar-refractivity contribution in [3.8, 4) is 0 Å². The van der Waals surface area contributed by atoms with Crippen LogP contribution in [-0.4, -0.2) is 30.4 Å². The monoisotopic (exact) mass is 224 g/mol. The topological polar surface area (TPSA) is 46.3 Å². The number of carbonyl (C=O) groups excluding carboxylic acids is 1. The first-order valence-corrected chi connectivity index (χ1v) is 6.14. The highest BCUT2D eigenvalue weighted by Crippen LogP contribution is 2.23. The Hall–Kier alpha value is -0.830.